The van der Waals surface area contributed by atoms with Crippen molar-refractivity contribution in [3.05, 3.63) is 65.7 Å². The molecule has 1 saturated heterocycles. The predicted molar refractivity (Wildman–Crippen MR) is 126 cm³/mol. The SMILES string of the molecule is CCS(=O)(=O)N(CC=Cc1cccc(C(=N)N)c1)c1ccc(OC2CCNCC2)cc1. The summed E-state index contributed by atoms with van der Waals surface area (Å²) < 4.78 is 32.8. The van der Waals surface area contributed by atoms with Crippen molar-refractivity contribution in [2.75, 3.05) is 29.7 Å². The second kappa shape index (κ2) is 10.5. The van der Waals surface area contributed by atoms with E-state index in [4.69, 9.17) is 15.9 Å². The quantitative estimate of drug-likeness (QED) is 0.409. The van der Waals surface area contributed by atoms with Crippen LogP contribution in [-0.4, -0.2) is 45.7 Å². The molecule has 0 unspecified atom stereocenters. The lowest BCUT2D eigenvalue weighted by atomic mass is 10.1. The maximum absolute atomic E-state index is 12.7. The van der Waals surface area contributed by atoms with Crippen LogP contribution in [-0.2, 0) is 10.0 Å². The number of nitrogens with two attached hydrogens (primary N) is 1. The average Bonchev–Trinajstić information content (AvgIpc) is 2.78. The van der Waals surface area contributed by atoms with Crippen molar-refractivity contribution in [2.24, 2.45) is 5.73 Å². The van der Waals surface area contributed by atoms with Crippen LogP contribution < -0.4 is 20.1 Å². The highest BCUT2D eigenvalue weighted by Crippen LogP contribution is 2.24. The molecular weight excluding hydrogens is 412 g/mol. The van der Waals surface area contributed by atoms with E-state index >= 15 is 0 Å². The van der Waals surface area contributed by atoms with Crippen LogP contribution in [0.2, 0.25) is 0 Å². The number of rotatable bonds is 9. The van der Waals surface area contributed by atoms with Crippen molar-refractivity contribution in [1.82, 2.24) is 5.32 Å². The number of sulfonamides is 1. The van der Waals surface area contributed by atoms with E-state index in [-0.39, 0.29) is 24.2 Å². The van der Waals surface area contributed by atoms with Crippen LogP contribution in [0.15, 0.2) is 54.6 Å². The maximum Gasteiger partial charge on any atom is 0.235 e. The highest BCUT2D eigenvalue weighted by Gasteiger charge is 2.20. The molecule has 7 nitrogen and oxygen atoms in total. The normalized spacial score (nSPS) is 15.1. The smallest absolute Gasteiger partial charge is 0.235 e. The molecule has 0 aliphatic carbocycles. The third-order valence-electron chi connectivity index (χ3n) is 5.19. The van der Waals surface area contributed by atoms with Crippen LogP contribution in [0.5, 0.6) is 5.75 Å². The highest BCUT2D eigenvalue weighted by atomic mass is 32.2. The second-order valence-corrected chi connectivity index (χ2v) is 9.62. The van der Waals surface area contributed by atoms with Crippen molar-refractivity contribution in [3.8, 4) is 5.75 Å². The standard InChI is InChI=1S/C23H30N4O3S/c1-2-31(28,29)27(16-4-6-18-5-3-7-19(17-18)23(24)25)20-8-10-21(11-9-20)30-22-12-14-26-15-13-22/h3-11,17,22,26H,2,12-16H2,1H3,(H3,24,25). The zero-order chi connectivity index (χ0) is 22.3. The zero-order valence-corrected chi connectivity index (χ0v) is 18.6. The molecule has 31 heavy (non-hydrogen) atoms. The molecule has 0 atom stereocenters. The molecule has 1 heterocycles. The summed E-state index contributed by atoms with van der Waals surface area (Å²) in [6.07, 6.45) is 5.75. The molecule has 0 aromatic heterocycles. The monoisotopic (exact) mass is 442 g/mol. The summed E-state index contributed by atoms with van der Waals surface area (Å²) in [5, 5.41) is 10.9. The van der Waals surface area contributed by atoms with Gasteiger partial charge in [-0.1, -0.05) is 30.4 Å². The summed E-state index contributed by atoms with van der Waals surface area (Å²) in [6, 6.07) is 14.5. The van der Waals surface area contributed by atoms with Crippen molar-refractivity contribution in [1.29, 1.82) is 5.41 Å². The molecule has 1 fully saturated rings. The van der Waals surface area contributed by atoms with Gasteiger partial charge in [-0.25, -0.2) is 8.42 Å². The number of nitrogen functional groups attached to an aromatic ring is 1. The Morgan fingerprint density at radius 2 is 1.94 bits per heavy atom. The summed E-state index contributed by atoms with van der Waals surface area (Å²) in [6.45, 7) is 3.74. The number of benzene rings is 2. The molecule has 0 bridgehead atoms. The van der Waals surface area contributed by atoms with E-state index in [1.807, 2.05) is 30.3 Å². The van der Waals surface area contributed by atoms with E-state index in [0.29, 0.717) is 11.3 Å². The minimum Gasteiger partial charge on any atom is -0.490 e. The van der Waals surface area contributed by atoms with Gasteiger partial charge in [0.15, 0.2) is 0 Å². The molecule has 3 rings (SSSR count). The first-order chi connectivity index (χ1) is 14.9. The van der Waals surface area contributed by atoms with Gasteiger partial charge in [-0.3, -0.25) is 9.71 Å². The fourth-order valence-electron chi connectivity index (χ4n) is 3.43. The number of hydrogen-bond donors (Lipinski definition) is 3. The largest absolute Gasteiger partial charge is 0.490 e. The number of amidine groups is 1. The van der Waals surface area contributed by atoms with Crippen molar-refractivity contribution in [3.63, 3.8) is 0 Å². The molecule has 4 N–H and O–H groups in total. The summed E-state index contributed by atoms with van der Waals surface area (Å²) in [7, 11) is -3.45. The number of anilines is 1. The van der Waals surface area contributed by atoms with E-state index < -0.39 is 10.0 Å². The van der Waals surface area contributed by atoms with Gasteiger partial charge in [-0.2, -0.15) is 0 Å². The molecule has 166 valence electrons. The summed E-state index contributed by atoms with van der Waals surface area (Å²) >= 11 is 0. The van der Waals surface area contributed by atoms with Crippen LogP contribution in [0.1, 0.15) is 30.9 Å². The predicted octanol–water partition coefficient (Wildman–Crippen LogP) is 2.97. The Morgan fingerprint density at radius 1 is 1.23 bits per heavy atom. The fourth-order valence-corrected chi connectivity index (χ4v) is 4.49. The third-order valence-corrected chi connectivity index (χ3v) is 6.95. The zero-order valence-electron chi connectivity index (χ0n) is 17.8. The number of hydrogen-bond acceptors (Lipinski definition) is 5. The van der Waals surface area contributed by atoms with E-state index in [0.717, 1.165) is 37.2 Å². The Kier molecular flexibility index (Phi) is 7.70. The van der Waals surface area contributed by atoms with Gasteiger partial charge >= 0.3 is 0 Å². The lowest BCUT2D eigenvalue weighted by Crippen LogP contribution is -2.34. The first-order valence-electron chi connectivity index (χ1n) is 10.5. The van der Waals surface area contributed by atoms with Gasteiger partial charge in [0.25, 0.3) is 0 Å². The molecule has 0 radical (unpaired) electrons. The van der Waals surface area contributed by atoms with Gasteiger partial charge in [-0.15, -0.1) is 0 Å². The van der Waals surface area contributed by atoms with E-state index in [1.54, 1.807) is 37.3 Å². The average molecular weight is 443 g/mol. The summed E-state index contributed by atoms with van der Waals surface area (Å²) in [5.41, 5.74) is 7.62. The Morgan fingerprint density at radius 3 is 2.58 bits per heavy atom. The number of nitrogens with zero attached hydrogens (tertiary/aromatic N) is 1. The van der Waals surface area contributed by atoms with Gasteiger partial charge in [-0.05, 0) is 68.8 Å². The van der Waals surface area contributed by atoms with Crippen LogP contribution in [0.25, 0.3) is 6.08 Å². The van der Waals surface area contributed by atoms with E-state index in [1.165, 1.54) is 4.31 Å². The molecular formula is C23H30N4O3S. The van der Waals surface area contributed by atoms with Crippen LogP contribution >= 0.6 is 0 Å². The first-order valence-corrected chi connectivity index (χ1v) is 12.1. The van der Waals surface area contributed by atoms with Crippen LogP contribution in [0.4, 0.5) is 5.69 Å². The Hall–Kier alpha value is -2.84. The summed E-state index contributed by atoms with van der Waals surface area (Å²) in [4.78, 5) is 0. The summed E-state index contributed by atoms with van der Waals surface area (Å²) in [5.74, 6) is 0.756. The Balaban J connectivity index is 1.73. The Labute approximate surface area is 184 Å². The van der Waals surface area contributed by atoms with Crippen LogP contribution in [0, 0.1) is 5.41 Å². The van der Waals surface area contributed by atoms with Crippen molar-refractivity contribution in [2.45, 2.75) is 25.9 Å². The van der Waals surface area contributed by atoms with E-state index in [2.05, 4.69) is 5.32 Å². The number of ether oxygens (including phenoxy) is 1. The lowest BCUT2D eigenvalue weighted by molar-refractivity contribution is 0.162. The second-order valence-electron chi connectivity index (χ2n) is 7.43. The van der Waals surface area contributed by atoms with E-state index in [9.17, 15) is 8.42 Å². The number of nitrogens with one attached hydrogen (secondary N) is 2. The topological polar surface area (TPSA) is 109 Å². The minimum atomic E-state index is -3.45. The molecule has 2 aromatic rings. The third kappa shape index (κ3) is 6.32. The number of piperidine rings is 1. The molecule has 1 aliphatic heterocycles. The molecule has 0 amide bonds. The minimum absolute atomic E-state index is 0.00256. The van der Waals surface area contributed by atoms with Gasteiger partial charge in [0.2, 0.25) is 10.0 Å². The van der Waals surface area contributed by atoms with Gasteiger partial charge in [0, 0.05) is 5.56 Å². The molecule has 2 aromatic carbocycles. The van der Waals surface area contributed by atoms with Crippen LogP contribution in [0.3, 0.4) is 0 Å². The highest BCUT2D eigenvalue weighted by molar-refractivity contribution is 7.92. The molecule has 0 saturated carbocycles. The molecule has 8 heteroatoms. The van der Waals surface area contributed by atoms with Gasteiger partial charge < -0.3 is 15.8 Å². The van der Waals surface area contributed by atoms with Gasteiger partial charge in [0.1, 0.15) is 17.7 Å². The lowest BCUT2D eigenvalue weighted by Gasteiger charge is -2.25. The van der Waals surface area contributed by atoms with Crippen molar-refractivity contribution < 1.29 is 13.2 Å². The molecule has 0 spiro atoms. The fraction of sp³-hybridized carbons (Fsp3) is 0.348. The molecule has 1 aliphatic rings. The maximum atomic E-state index is 12.7. The van der Waals surface area contributed by atoms with Crippen molar-refractivity contribution >= 4 is 27.6 Å². The first kappa shape index (κ1) is 22.8. The van der Waals surface area contributed by atoms with Gasteiger partial charge in [0.05, 0.1) is 18.0 Å². The Bertz CT molecular complexity index is 1010.